The fourth-order valence-electron chi connectivity index (χ4n) is 1.80. The second kappa shape index (κ2) is 7.09. The number of carbonyl (C=O) groups excluding carboxylic acids is 2. The van der Waals surface area contributed by atoms with Crippen LogP contribution in [0.3, 0.4) is 0 Å². The summed E-state index contributed by atoms with van der Waals surface area (Å²) < 4.78 is 5.12. The van der Waals surface area contributed by atoms with E-state index in [2.05, 4.69) is 10.6 Å². The van der Waals surface area contributed by atoms with E-state index in [1.165, 1.54) is 7.05 Å². The Kier molecular flexibility index (Phi) is 4.93. The van der Waals surface area contributed by atoms with E-state index >= 15 is 0 Å². The van der Waals surface area contributed by atoms with Crippen LogP contribution < -0.4 is 15.4 Å². The maximum Gasteiger partial charge on any atom is 0.412 e. The number of para-hydroxylation sites is 2. The molecule has 0 saturated carbocycles. The monoisotopic (exact) mass is 284 g/mol. The molecule has 0 aromatic heterocycles. The Morgan fingerprint density at radius 2 is 1.67 bits per heavy atom. The van der Waals surface area contributed by atoms with Crippen LogP contribution in [0.15, 0.2) is 54.6 Å². The fourth-order valence-corrected chi connectivity index (χ4v) is 1.80. The maximum absolute atomic E-state index is 12.0. The second-order valence-corrected chi connectivity index (χ2v) is 4.34. The summed E-state index contributed by atoms with van der Waals surface area (Å²) in [4.78, 5) is 23.3. The van der Waals surface area contributed by atoms with Gasteiger partial charge in [-0.2, -0.15) is 0 Å². The zero-order valence-electron chi connectivity index (χ0n) is 11.6. The third-order valence-electron chi connectivity index (χ3n) is 2.79. The van der Waals surface area contributed by atoms with Gasteiger partial charge in [-0.3, -0.25) is 4.79 Å². The van der Waals surface area contributed by atoms with E-state index in [1.807, 2.05) is 30.3 Å². The molecule has 0 aliphatic rings. The molecule has 2 amide bonds. The summed E-state index contributed by atoms with van der Waals surface area (Å²) >= 11 is 0. The van der Waals surface area contributed by atoms with Gasteiger partial charge < -0.3 is 15.4 Å². The SMILES string of the molecule is CNC(=O)Oc1ccccc1CC(=O)Nc1ccccc1. The summed E-state index contributed by atoms with van der Waals surface area (Å²) in [6, 6.07) is 16.1. The van der Waals surface area contributed by atoms with E-state index in [0.717, 1.165) is 5.69 Å². The van der Waals surface area contributed by atoms with Crippen molar-refractivity contribution in [2.24, 2.45) is 0 Å². The van der Waals surface area contributed by atoms with Gasteiger partial charge in [0.2, 0.25) is 5.91 Å². The highest BCUT2D eigenvalue weighted by Gasteiger charge is 2.11. The Morgan fingerprint density at radius 3 is 2.38 bits per heavy atom. The molecule has 0 bridgehead atoms. The third-order valence-corrected chi connectivity index (χ3v) is 2.79. The number of benzene rings is 2. The molecule has 108 valence electrons. The van der Waals surface area contributed by atoms with Crippen LogP contribution in [0.5, 0.6) is 5.75 Å². The first-order valence-corrected chi connectivity index (χ1v) is 6.51. The third kappa shape index (κ3) is 4.35. The molecule has 5 nitrogen and oxygen atoms in total. The predicted octanol–water partition coefficient (Wildman–Crippen LogP) is 2.59. The zero-order valence-corrected chi connectivity index (χ0v) is 11.6. The summed E-state index contributed by atoms with van der Waals surface area (Å²) in [6.45, 7) is 0. The van der Waals surface area contributed by atoms with Crippen LogP contribution in [-0.4, -0.2) is 19.0 Å². The van der Waals surface area contributed by atoms with Gasteiger partial charge in [0, 0.05) is 18.3 Å². The number of nitrogens with one attached hydrogen (secondary N) is 2. The van der Waals surface area contributed by atoms with Crippen LogP contribution >= 0.6 is 0 Å². The molecule has 2 aromatic rings. The van der Waals surface area contributed by atoms with E-state index < -0.39 is 6.09 Å². The molecular weight excluding hydrogens is 268 g/mol. The molecule has 2 N–H and O–H groups in total. The Balaban J connectivity index is 2.05. The van der Waals surface area contributed by atoms with Gasteiger partial charge >= 0.3 is 6.09 Å². The van der Waals surface area contributed by atoms with Crippen LogP contribution in [0.4, 0.5) is 10.5 Å². The number of hydrogen-bond acceptors (Lipinski definition) is 3. The van der Waals surface area contributed by atoms with Crippen molar-refractivity contribution in [1.29, 1.82) is 0 Å². The van der Waals surface area contributed by atoms with Crippen molar-refractivity contribution >= 4 is 17.7 Å². The molecule has 0 atom stereocenters. The van der Waals surface area contributed by atoms with Crippen molar-refractivity contribution in [2.75, 3.05) is 12.4 Å². The smallest absolute Gasteiger partial charge is 0.410 e. The number of anilines is 1. The van der Waals surface area contributed by atoms with E-state index in [0.29, 0.717) is 11.3 Å². The molecule has 0 radical (unpaired) electrons. The van der Waals surface area contributed by atoms with Crippen molar-refractivity contribution in [2.45, 2.75) is 6.42 Å². The maximum atomic E-state index is 12.0. The van der Waals surface area contributed by atoms with Gasteiger partial charge in [0.05, 0.1) is 6.42 Å². The molecule has 21 heavy (non-hydrogen) atoms. The van der Waals surface area contributed by atoms with Crippen molar-refractivity contribution in [3.8, 4) is 5.75 Å². The highest BCUT2D eigenvalue weighted by atomic mass is 16.6. The van der Waals surface area contributed by atoms with E-state index in [4.69, 9.17) is 4.74 Å². The van der Waals surface area contributed by atoms with Crippen molar-refractivity contribution in [3.63, 3.8) is 0 Å². The Labute approximate surface area is 122 Å². The van der Waals surface area contributed by atoms with Gasteiger partial charge in [0.15, 0.2) is 0 Å². The normalized spacial score (nSPS) is 9.76. The van der Waals surface area contributed by atoms with Crippen LogP contribution in [0.1, 0.15) is 5.56 Å². The summed E-state index contributed by atoms with van der Waals surface area (Å²) in [6.07, 6.45) is -0.437. The topological polar surface area (TPSA) is 67.4 Å². The fraction of sp³-hybridized carbons (Fsp3) is 0.125. The highest BCUT2D eigenvalue weighted by molar-refractivity contribution is 5.92. The summed E-state index contributed by atoms with van der Waals surface area (Å²) in [5.41, 5.74) is 1.38. The quantitative estimate of drug-likeness (QED) is 0.906. The van der Waals surface area contributed by atoms with Crippen LogP contribution in [0, 0.1) is 0 Å². The second-order valence-electron chi connectivity index (χ2n) is 4.34. The van der Waals surface area contributed by atoms with Gasteiger partial charge in [-0.1, -0.05) is 36.4 Å². The van der Waals surface area contributed by atoms with E-state index in [1.54, 1.807) is 24.3 Å². The largest absolute Gasteiger partial charge is 0.412 e. The van der Waals surface area contributed by atoms with Crippen molar-refractivity contribution in [3.05, 3.63) is 60.2 Å². The van der Waals surface area contributed by atoms with Crippen LogP contribution in [0.2, 0.25) is 0 Å². The minimum absolute atomic E-state index is 0.127. The minimum atomic E-state index is -0.564. The standard InChI is InChI=1S/C16H16N2O3/c1-17-16(20)21-14-10-6-5-7-12(14)11-15(19)18-13-8-3-2-4-9-13/h2-10H,11H2,1H3,(H,17,20)(H,18,19). The molecule has 5 heteroatoms. The summed E-state index contributed by atoms with van der Waals surface area (Å²) in [5, 5.41) is 5.16. The number of amides is 2. The van der Waals surface area contributed by atoms with Crippen LogP contribution in [-0.2, 0) is 11.2 Å². The van der Waals surface area contributed by atoms with Gasteiger partial charge in [-0.15, -0.1) is 0 Å². The van der Waals surface area contributed by atoms with Gasteiger partial charge in [-0.05, 0) is 18.2 Å². The summed E-state index contributed by atoms with van der Waals surface area (Å²) in [7, 11) is 1.48. The average molecular weight is 284 g/mol. The first-order chi connectivity index (χ1) is 10.2. The lowest BCUT2D eigenvalue weighted by atomic mass is 10.1. The lowest BCUT2D eigenvalue weighted by molar-refractivity contribution is -0.115. The average Bonchev–Trinajstić information content (AvgIpc) is 2.50. The van der Waals surface area contributed by atoms with E-state index in [9.17, 15) is 9.59 Å². The number of hydrogen-bond donors (Lipinski definition) is 2. The Morgan fingerprint density at radius 1 is 1.00 bits per heavy atom. The molecule has 0 fully saturated rings. The lowest BCUT2D eigenvalue weighted by Gasteiger charge is -2.10. The molecule has 0 saturated heterocycles. The lowest BCUT2D eigenvalue weighted by Crippen LogP contribution is -2.23. The molecule has 2 rings (SSSR count). The van der Waals surface area contributed by atoms with Crippen molar-refractivity contribution in [1.82, 2.24) is 5.32 Å². The van der Waals surface area contributed by atoms with Crippen LogP contribution in [0.25, 0.3) is 0 Å². The first-order valence-electron chi connectivity index (χ1n) is 6.51. The molecule has 0 spiro atoms. The summed E-state index contributed by atoms with van der Waals surface area (Å²) in [5.74, 6) is 0.203. The van der Waals surface area contributed by atoms with Gasteiger partial charge in [-0.25, -0.2) is 4.79 Å². The molecule has 0 aliphatic heterocycles. The first kappa shape index (κ1) is 14.6. The van der Waals surface area contributed by atoms with Gasteiger partial charge in [0.25, 0.3) is 0 Å². The van der Waals surface area contributed by atoms with Crippen molar-refractivity contribution < 1.29 is 14.3 Å². The number of rotatable bonds is 4. The molecule has 0 unspecified atom stereocenters. The molecule has 0 heterocycles. The van der Waals surface area contributed by atoms with E-state index in [-0.39, 0.29) is 12.3 Å². The highest BCUT2D eigenvalue weighted by Crippen LogP contribution is 2.19. The molecular formula is C16H16N2O3. The molecule has 2 aromatic carbocycles. The number of ether oxygens (including phenoxy) is 1. The predicted molar refractivity (Wildman–Crippen MR) is 80.3 cm³/mol. The Hall–Kier alpha value is -2.82. The Bertz CT molecular complexity index is 626. The zero-order chi connectivity index (χ0) is 15.1. The minimum Gasteiger partial charge on any atom is -0.410 e. The number of carbonyl (C=O) groups is 2. The van der Waals surface area contributed by atoms with Gasteiger partial charge in [0.1, 0.15) is 5.75 Å². The molecule has 0 aliphatic carbocycles.